The third-order valence-corrected chi connectivity index (χ3v) is 7.35. The average molecular weight is 475 g/mol. The summed E-state index contributed by atoms with van der Waals surface area (Å²) in [5.41, 5.74) is 0.240. The van der Waals surface area contributed by atoms with Gasteiger partial charge in [0.05, 0.1) is 13.7 Å². The Hall–Kier alpha value is -4.41. The summed E-state index contributed by atoms with van der Waals surface area (Å²) in [6.07, 6.45) is 0.714. The van der Waals surface area contributed by atoms with Gasteiger partial charge in [0.25, 0.3) is 17.7 Å². The van der Waals surface area contributed by atoms with Crippen molar-refractivity contribution in [3.8, 4) is 5.75 Å². The van der Waals surface area contributed by atoms with Gasteiger partial charge in [-0.15, -0.1) is 0 Å². The Bertz CT molecular complexity index is 1370. The summed E-state index contributed by atoms with van der Waals surface area (Å²) in [5, 5.41) is 10.1. The Morgan fingerprint density at radius 1 is 0.943 bits per heavy atom. The maximum Gasteiger partial charge on any atom is 0.322 e. The highest BCUT2D eigenvalue weighted by atomic mass is 16.5. The third kappa shape index (κ3) is 2.81. The van der Waals surface area contributed by atoms with Gasteiger partial charge in [-0.2, -0.15) is 0 Å². The largest absolute Gasteiger partial charge is 0.497 e. The van der Waals surface area contributed by atoms with E-state index in [9.17, 15) is 24.0 Å². The van der Waals surface area contributed by atoms with E-state index in [2.05, 4.69) is 21.3 Å². The van der Waals surface area contributed by atoms with Gasteiger partial charge in [0.1, 0.15) is 11.3 Å². The maximum absolute atomic E-state index is 13.3. The van der Waals surface area contributed by atoms with Crippen LogP contribution >= 0.6 is 0 Å². The molecule has 3 aliphatic heterocycles. The van der Waals surface area contributed by atoms with Crippen LogP contribution in [0.25, 0.3) is 0 Å². The number of carbonyl (C=O) groups excluding carboxylic acids is 5. The van der Waals surface area contributed by atoms with Crippen LogP contribution in [-0.2, 0) is 33.6 Å². The monoisotopic (exact) mass is 475 g/mol. The fraction of sp³-hybridized carbons (Fsp3) is 0.292. The van der Waals surface area contributed by atoms with Gasteiger partial charge in [0, 0.05) is 12.1 Å². The highest BCUT2D eigenvalue weighted by Crippen LogP contribution is 2.44. The zero-order chi connectivity index (χ0) is 24.5. The lowest BCUT2D eigenvalue weighted by Gasteiger charge is -2.33. The molecule has 1 spiro atoms. The minimum Gasteiger partial charge on any atom is -0.497 e. The van der Waals surface area contributed by atoms with Gasteiger partial charge < -0.3 is 20.3 Å². The molecule has 0 radical (unpaired) electrons. The maximum atomic E-state index is 13.3. The Labute approximate surface area is 199 Å². The summed E-state index contributed by atoms with van der Waals surface area (Å²) in [4.78, 5) is 65.1. The molecule has 11 nitrogen and oxygen atoms in total. The second-order valence-corrected chi connectivity index (χ2v) is 9.14. The highest BCUT2D eigenvalue weighted by Gasteiger charge is 2.56. The number of hydrogen-bond acceptors (Lipinski definition) is 6. The molecule has 2 unspecified atom stereocenters. The molecular weight excluding hydrogens is 454 g/mol. The van der Waals surface area contributed by atoms with Crippen LogP contribution in [0.3, 0.4) is 0 Å². The molecule has 178 valence electrons. The molecule has 11 heteroatoms. The summed E-state index contributed by atoms with van der Waals surface area (Å²) in [6, 6.07) is 9.12. The van der Waals surface area contributed by atoms with Crippen molar-refractivity contribution in [2.75, 3.05) is 13.7 Å². The van der Waals surface area contributed by atoms with Crippen LogP contribution < -0.4 is 26.0 Å². The number of methoxy groups -OCH3 is 1. The Morgan fingerprint density at radius 2 is 1.69 bits per heavy atom. The summed E-state index contributed by atoms with van der Waals surface area (Å²) in [5.74, 6) is -0.771. The molecule has 35 heavy (non-hydrogen) atoms. The molecule has 0 bridgehead atoms. The predicted octanol–water partition coefficient (Wildman–Crippen LogP) is 0.367. The molecule has 0 saturated carbocycles. The van der Waals surface area contributed by atoms with E-state index in [1.54, 1.807) is 36.4 Å². The van der Waals surface area contributed by atoms with Gasteiger partial charge in [-0.3, -0.25) is 25.0 Å². The first kappa shape index (κ1) is 21.1. The molecule has 1 aliphatic carbocycles. The number of nitrogens with one attached hydrogen (secondary N) is 4. The van der Waals surface area contributed by atoms with Gasteiger partial charge in [-0.05, 0) is 47.2 Å². The predicted molar refractivity (Wildman–Crippen MR) is 119 cm³/mol. The number of urea groups is 2. The van der Waals surface area contributed by atoms with Crippen LogP contribution in [-0.4, -0.2) is 48.3 Å². The van der Waals surface area contributed by atoms with Crippen molar-refractivity contribution in [3.63, 3.8) is 0 Å². The van der Waals surface area contributed by atoms with Crippen LogP contribution in [0, 0.1) is 0 Å². The van der Waals surface area contributed by atoms with Gasteiger partial charge in [-0.25, -0.2) is 9.59 Å². The van der Waals surface area contributed by atoms with Gasteiger partial charge >= 0.3 is 12.1 Å². The van der Waals surface area contributed by atoms with E-state index < -0.39 is 35.0 Å². The molecule has 6 rings (SSSR count). The Balaban J connectivity index is 1.43. The van der Waals surface area contributed by atoms with Crippen LogP contribution in [0.5, 0.6) is 5.75 Å². The molecular formula is C24H21N5O6. The van der Waals surface area contributed by atoms with Crippen molar-refractivity contribution in [1.82, 2.24) is 26.2 Å². The topological polar surface area (TPSA) is 146 Å². The van der Waals surface area contributed by atoms with Crippen molar-refractivity contribution >= 4 is 29.8 Å². The second kappa shape index (κ2) is 7.05. The van der Waals surface area contributed by atoms with Gasteiger partial charge in [-0.1, -0.05) is 24.3 Å². The number of amides is 7. The highest BCUT2D eigenvalue weighted by molar-refractivity contribution is 6.10. The van der Waals surface area contributed by atoms with E-state index in [4.69, 9.17) is 4.74 Å². The van der Waals surface area contributed by atoms with E-state index in [1.165, 1.54) is 12.0 Å². The van der Waals surface area contributed by atoms with Crippen LogP contribution in [0.1, 0.15) is 39.0 Å². The number of rotatable bonds is 4. The number of fused-ring (bicyclic) bond motifs is 3. The lowest BCUT2D eigenvalue weighted by molar-refractivity contribution is -0.125. The molecule has 2 atom stereocenters. The first-order chi connectivity index (χ1) is 16.8. The van der Waals surface area contributed by atoms with Gasteiger partial charge in [0.15, 0.2) is 5.54 Å². The van der Waals surface area contributed by atoms with Crippen molar-refractivity contribution in [2.45, 2.75) is 30.5 Å². The normalized spacial score (nSPS) is 26.4. The van der Waals surface area contributed by atoms with Crippen molar-refractivity contribution in [2.24, 2.45) is 0 Å². The summed E-state index contributed by atoms with van der Waals surface area (Å²) in [6.45, 7) is 0.156. The van der Waals surface area contributed by atoms with Crippen LogP contribution in [0.2, 0.25) is 0 Å². The van der Waals surface area contributed by atoms with E-state index in [0.717, 1.165) is 5.56 Å². The quantitative estimate of drug-likeness (QED) is 0.470. The number of carbonyl (C=O) groups is 5. The van der Waals surface area contributed by atoms with Crippen molar-refractivity contribution in [1.29, 1.82) is 0 Å². The SMILES string of the molecule is COc1ccc2c(c1)C(=O)N(CC1(c3cccc4c3CCC43NC(=O)NC3=O)NC(=O)NC1=O)C2. The molecule has 2 saturated heterocycles. The fourth-order valence-electron chi connectivity index (χ4n) is 5.72. The second-order valence-electron chi connectivity index (χ2n) is 9.14. The molecule has 0 aromatic heterocycles. The zero-order valence-electron chi connectivity index (χ0n) is 18.7. The zero-order valence-corrected chi connectivity index (χ0v) is 18.7. The van der Waals surface area contributed by atoms with E-state index in [0.29, 0.717) is 40.8 Å². The number of benzene rings is 2. The summed E-state index contributed by atoms with van der Waals surface area (Å²) >= 11 is 0. The Morgan fingerprint density at radius 3 is 2.37 bits per heavy atom. The van der Waals surface area contributed by atoms with Crippen LogP contribution in [0.15, 0.2) is 36.4 Å². The van der Waals surface area contributed by atoms with E-state index >= 15 is 0 Å². The molecule has 2 aromatic rings. The van der Waals surface area contributed by atoms with Crippen LogP contribution in [0.4, 0.5) is 9.59 Å². The fourth-order valence-corrected chi connectivity index (χ4v) is 5.72. The van der Waals surface area contributed by atoms with Crippen molar-refractivity contribution in [3.05, 3.63) is 64.2 Å². The molecule has 7 amide bonds. The molecule has 3 heterocycles. The molecule has 4 N–H and O–H groups in total. The molecule has 4 aliphatic rings. The number of imide groups is 2. The summed E-state index contributed by atoms with van der Waals surface area (Å²) in [7, 11) is 1.52. The lowest BCUT2D eigenvalue weighted by atomic mass is 9.83. The van der Waals surface area contributed by atoms with Gasteiger partial charge in [0.2, 0.25) is 0 Å². The standard InChI is InChI=1S/C24H21N5O6/c1-35-13-6-5-12-10-29(18(30)15(12)9-13)11-24(20(32)26-22(34)28-24)17-4-2-3-16-14(17)7-8-23(16)19(31)25-21(33)27-23/h2-6,9H,7-8,10-11H2,1H3,(H2,25,27,31,33)(H2,26,28,32,34). The minimum atomic E-state index is -1.56. The Kier molecular flexibility index (Phi) is 4.26. The van der Waals surface area contributed by atoms with E-state index in [1.807, 2.05) is 0 Å². The summed E-state index contributed by atoms with van der Waals surface area (Å²) < 4.78 is 5.23. The first-order valence-electron chi connectivity index (χ1n) is 11.1. The number of ether oxygens (including phenoxy) is 1. The molecule has 2 aromatic carbocycles. The molecule has 2 fully saturated rings. The smallest absolute Gasteiger partial charge is 0.322 e. The van der Waals surface area contributed by atoms with Crippen molar-refractivity contribution < 1.29 is 28.7 Å². The lowest BCUT2D eigenvalue weighted by Crippen LogP contribution is -2.53. The number of hydrogen-bond donors (Lipinski definition) is 4. The van der Waals surface area contributed by atoms with E-state index in [-0.39, 0.29) is 19.0 Å². The minimum absolute atomic E-state index is 0.109. The third-order valence-electron chi connectivity index (χ3n) is 7.35. The average Bonchev–Trinajstić information content (AvgIpc) is 3.53. The first-order valence-corrected chi connectivity index (χ1v) is 11.1. The number of nitrogens with zero attached hydrogens (tertiary/aromatic N) is 1.